The Balaban J connectivity index is 0.00000225. The zero-order chi connectivity index (χ0) is 16.9. The van der Waals surface area contributed by atoms with Gasteiger partial charge in [0.2, 0.25) is 0 Å². The van der Waals surface area contributed by atoms with Gasteiger partial charge in [-0.05, 0) is 44.7 Å². The zero-order valence-electron chi connectivity index (χ0n) is 14.6. The molecule has 1 atom stereocenters. The highest BCUT2D eigenvalue weighted by Crippen LogP contribution is 2.29. The van der Waals surface area contributed by atoms with Gasteiger partial charge in [0.25, 0.3) is 0 Å². The third-order valence-corrected chi connectivity index (χ3v) is 5.96. The largest absolute Gasteiger partial charge is 0.386 e. The Kier molecular flexibility index (Phi) is 8.74. The first-order chi connectivity index (χ1) is 11.7. The molecular formula is C17H28ClIN4OS. The number of nitrogens with one attached hydrogen (secondary N) is 2. The molecule has 1 saturated carbocycles. The fourth-order valence-corrected chi connectivity index (χ4v) is 4.18. The molecule has 2 fully saturated rings. The Bertz CT molecular complexity index is 559. The Hall–Kier alpha value is -0.0900. The molecule has 25 heavy (non-hydrogen) atoms. The van der Waals surface area contributed by atoms with E-state index in [1.165, 1.54) is 37.3 Å². The number of aliphatic imine (C=N–C) groups is 1. The Labute approximate surface area is 176 Å². The lowest BCUT2D eigenvalue weighted by Crippen LogP contribution is -2.49. The fraction of sp³-hybridized carbons (Fsp3) is 0.706. The minimum absolute atomic E-state index is 0. The van der Waals surface area contributed by atoms with Crippen molar-refractivity contribution < 1.29 is 5.11 Å². The van der Waals surface area contributed by atoms with Crippen molar-refractivity contribution in [3.63, 3.8) is 0 Å². The Morgan fingerprint density at radius 3 is 2.64 bits per heavy atom. The van der Waals surface area contributed by atoms with Crippen molar-refractivity contribution in [1.29, 1.82) is 0 Å². The summed E-state index contributed by atoms with van der Waals surface area (Å²) in [5.74, 6) is 0.795. The van der Waals surface area contributed by atoms with E-state index in [1.54, 1.807) is 0 Å². The molecule has 1 aromatic rings. The smallest absolute Gasteiger partial charge is 0.191 e. The van der Waals surface area contributed by atoms with Crippen LogP contribution in [0.1, 0.15) is 43.6 Å². The lowest BCUT2D eigenvalue weighted by Gasteiger charge is -2.33. The first kappa shape index (κ1) is 21.2. The van der Waals surface area contributed by atoms with Gasteiger partial charge >= 0.3 is 0 Å². The molecule has 0 aromatic carbocycles. The van der Waals surface area contributed by atoms with Crippen LogP contribution in [-0.4, -0.2) is 54.2 Å². The number of guanidine groups is 1. The molecule has 3 N–H and O–H groups in total. The minimum atomic E-state index is -0.602. The summed E-state index contributed by atoms with van der Waals surface area (Å²) in [6.45, 7) is 5.57. The van der Waals surface area contributed by atoms with Crippen LogP contribution in [0.3, 0.4) is 0 Å². The van der Waals surface area contributed by atoms with Gasteiger partial charge in [-0.2, -0.15) is 0 Å². The molecule has 0 radical (unpaired) electrons. The van der Waals surface area contributed by atoms with Gasteiger partial charge in [0, 0.05) is 36.6 Å². The van der Waals surface area contributed by atoms with E-state index >= 15 is 0 Å². The van der Waals surface area contributed by atoms with Crippen LogP contribution in [0.5, 0.6) is 0 Å². The lowest BCUT2D eigenvalue weighted by molar-refractivity contribution is 0.189. The van der Waals surface area contributed by atoms with E-state index in [4.69, 9.17) is 11.6 Å². The highest BCUT2D eigenvalue weighted by Gasteiger charge is 2.31. The molecule has 1 aliphatic heterocycles. The zero-order valence-corrected chi connectivity index (χ0v) is 18.5. The number of hydrogen-bond donors (Lipinski definition) is 3. The maximum Gasteiger partial charge on any atom is 0.191 e. The maximum absolute atomic E-state index is 10.2. The lowest BCUT2D eigenvalue weighted by atomic mass is 10.1. The van der Waals surface area contributed by atoms with Crippen molar-refractivity contribution in [2.45, 2.75) is 50.8 Å². The van der Waals surface area contributed by atoms with Gasteiger partial charge in [0.1, 0.15) is 6.10 Å². The summed E-state index contributed by atoms with van der Waals surface area (Å²) >= 11 is 7.33. The molecule has 8 heteroatoms. The van der Waals surface area contributed by atoms with E-state index in [2.05, 4.69) is 27.4 Å². The van der Waals surface area contributed by atoms with Crippen LogP contribution in [0.25, 0.3) is 0 Å². The highest BCUT2D eigenvalue weighted by molar-refractivity contribution is 14.0. The number of halogens is 2. The third kappa shape index (κ3) is 6.53. The predicted molar refractivity (Wildman–Crippen MR) is 116 cm³/mol. The van der Waals surface area contributed by atoms with Gasteiger partial charge in [-0.15, -0.1) is 35.3 Å². The summed E-state index contributed by atoms with van der Waals surface area (Å²) in [5.41, 5.74) is 0. The monoisotopic (exact) mass is 498 g/mol. The Morgan fingerprint density at radius 1 is 1.36 bits per heavy atom. The maximum atomic E-state index is 10.2. The number of rotatable bonds is 6. The van der Waals surface area contributed by atoms with Crippen molar-refractivity contribution in [2.24, 2.45) is 4.99 Å². The van der Waals surface area contributed by atoms with E-state index in [9.17, 15) is 5.11 Å². The summed E-state index contributed by atoms with van der Waals surface area (Å²) in [6.07, 6.45) is 4.47. The molecule has 3 rings (SSSR count). The molecule has 1 unspecified atom stereocenters. The van der Waals surface area contributed by atoms with Crippen LogP contribution in [0.2, 0.25) is 4.34 Å². The van der Waals surface area contributed by atoms with Crippen molar-refractivity contribution in [2.75, 3.05) is 26.2 Å². The number of aliphatic hydroxyl groups excluding tert-OH is 1. The van der Waals surface area contributed by atoms with E-state index in [0.29, 0.717) is 16.9 Å². The topological polar surface area (TPSA) is 59.9 Å². The number of aliphatic hydroxyl groups is 1. The third-order valence-electron chi connectivity index (χ3n) is 4.62. The number of thiophene rings is 1. The van der Waals surface area contributed by atoms with Crippen molar-refractivity contribution >= 4 is 52.9 Å². The highest BCUT2D eigenvalue weighted by atomic mass is 127. The molecule has 2 heterocycles. The summed E-state index contributed by atoms with van der Waals surface area (Å²) in [4.78, 5) is 8.03. The Morgan fingerprint density at radius 2 is 2.08 bits per heavy atom. The van der Waals surface area contributed by atoms with E-state index in [-0.39, 0.29) is 24.0 Å². The van der Waals surface area contributed by atoms with Crippen LogP contribution < -0.4 is 10.6 Å². The SMILES string of the molecule is CCNC(=NCC(O)c1ccc(Cl)s1)NC1CCN(C2CC2)CC1.I. The summed E-state index contributed by atoms with van der Waals surface area (Å²) in [6, 6.07) is 5.00. The van der Waals surface area contributed by atoms with Gasteiger partial charge in [-0.1, -0.05) is 11.6 Å². The first-order valence-electron chi connectivity index (χ1n) is 8.88. The molecular weight excluding hydrogens is 471 g/mol. The number of hydrogen-bond acceptors (Lipinski definition) is 4. The van der Waals surface area contributed by atoms with E-state index in [0.717, 1.165) is 36.3 Å². The normalized spacial score (nSPS) is 20.8. The van der Waals surface area contributed by atoms with Crippen LogP contribution in [0, 0.1) is 0 Å². The first-order valence-corrected chi connectivity index (χ1v) is 10.1. The number of likely N-dealkylation sites (tertiary alicyclic amines) is 1. The van der Waals surface area contributed by atoms with Crippen LogP contribution in [0.15, 0.2) is 17.1 Å². The number of piperidine rings is 1. The van der Waals surface area contributed by atoms with Gasteiger partial charge in [0.15, 0.2) is 5.96 Å². The molecule has 1 aliphatic carbocycles. The summed E-state index contributed by atoms with van der Waals surface area (Å²) in [7, 11) is 0. The molecule has 5 nitrogen and oxygen atoms in total. The van der Waals surface area contributed by atoms with E-state index < -0.39 is 6.10 Å². The van der Waals surface area contributed by atoms with Crippen LogP contribution in [0.4, 0.5) is 0 Å². The standard InChI is InChI=1S/C17H27ClN4OS.HI/c1-2-19-17(20-11-14(23)15-5-6-16(18)24-15)21-12-7-9-22(10-8-12)13-3-4-13;/h5-6,12-14,23H,2-4,7-11H2,1H3,(H2,19,20,21);1H. The second-order valence-electron chi connectivity index (χ2n) is 6.56. The number of nitrogens with zero attached hydrogens (tertiary/aromatic N) is 2. The summed E-state index contributed by atoms with van der Waals surface area (Å²) in [5, 5.41) is 17.0. The average molecular weight is 499 g/mol. The molecule has 1 saturated heterocycles. The van der Waals surface area contributed by atoms with Crippen molar-refractivity contribution in [3.05, 3.63) is 21.3 Å². The van der Waals surface area contributed by atoms with Crippen LogP contribution in [-0.2, 0) is 0 Å². The van der Waals surface area contributed by atoms with Gasteiger partial charge < -0.3 is 20.6 Å². The van der Waals surface area contributed by atoms with E-state index in [1.807, 2.05) is 12.1 Å². The van der Waals surface area contributed by atoms with Gasteiger partial charge in [0.05, 0.1) is 10.9 Å². The van der Waals surface area contributed by atoms with Gasteiger partial charge in [-0.3, -0.25) is 4.99 Å². The van der Waals surface area contributed by atoms with Crippen molar-refractivity contribution in [1.82, 2.24) is 15.5 Å². The molecule has 0 spiro atoms. The second-order valence-corrected chi connectivity index (χ2v) is 8.31. The van der Waals surface area contributed by atoms with Gasteiger partial charge in [-0.25, -0.2) is 0 Å². The van der Waals surface area contributed by atoms with Crippen LogP contribution >= 0.6 is 46.9 Å². The quantitative estimate of drug-likeness (QED) is 0.320. The minimum Gasteiger partial charge on any atom is -0.386 e. The predicted octanol–water partition coefficient (Wildman–Crippen LogP) is 3.23. The second kappa shape index (κ2) is 10.3. The molecule has 1 aromatic heterocycles. The molecule has 2 aliphatic rings. The fourth-order valence-electron chi connectivity index (χ4n) is 3.14. The average Bonchev–Trinajstić information content (AvgIpc) is 3.34. The molecule has 142 valence electrons. The molecule has 0 amide bonds. The van der Waals surface area contributed by atoms with Crippen molar-refractivity contribution in [3.8, 4) is 0 Å². The summed E-state index contributed by atoms with van der Waals surface area (Å²) < 4.78 is 0.695. The molecule has 0 bridgehead atoms.